The number of fused-ring (bicyclic) bond motifs is 3. The maximum atomic E-state index is 6.96. The van der Waals surface area contributed by atoms with E-state index in [0.717, 1.165) is 50.3 Å². The minimum atomic E-state index is -0.235. The van der Waals surface area contributed by atoms with Crippen molar-refractivity contribution in [2.45, 2.75) is 137 Å². The van der Waals surface area contributed by atoms with Gasteiger partial charge in [-0.15, -0.1) is 53.6 Å². The van der Waals surface area contributed by atoms with Crippen molar-refractivity contribution in [2.75, 3.05) is 9.80 Å². The number of benzene rings is 6. The van der Waals surface area contributed by atoms with Gasteiger partial charge in [-0.2, -0.15) is 6.07 Å². The zero-order chi connectivity index (χ0) is 50.1. The first-order valence-corrected chi connectivity index (χ1v) is 25.2. The predicted octanol–water partition coefficient (Wildman–Crippen LogP) is 17.5. The Balaban J connectivity index is 0.00000676. The topological polar surface area (TPSA) is 33.5 Å². The van der Waals surface area contributed by atoms with Crippen LogP contribution in [-0.4, -0.2) is 9.55 Å². The van der Waals surface area contributed by atoms with Crippen LogP contribution in [0.1, 0.15) is 160 Å². The zero-order valence-electron chi connectivity index (χ0n) is 44.5. The summed E-state index contributed by atoms with van der Waals surface area (Å²) in [7, 11) is 0. The fourth-order valence-electron chi connectivity index (χ4n) is 9.80. The van der Waals surface area contributed by atoms with Gasteiger partial charge in [-0.1, -0.05) is 182 Å². The van der Waals surface area contributed by atoms with Gasteiger partial charge < -0.3 is 19.1 Å². The molecule has 0 bridgehead atoms. The number of hydrogen-bond acceptors (Lipinski definition) is 4. The molecule has 0 radical (unpaired) electrons. The molecule has 0 saturated heterocycles. The minimum absolute atomic E-state index is 0. The van der Waals surface area contributed by atoms with Crippen LogP contribution in [0.15, 0.2) is 140 Å². The molecule has 1 aliphatic heterocycles. The van der Waals surface area contributed by atoms with E-state index in [0.29, 0.717) is 23.3 Å². The van der Waals surface area contributed by atoms with Crippen molar-refractivity contribution in [1.29, 1.82) is 0 Å². The molecule has 0 amide bonds. The predicted molar refractivity (Wildman–Crippen MR) is 296 cm³/mol. The summed E-state index contributed by atoms with van der Waals surface area (Å²) >= 11 is 0. The molecule has 0 saturated carbocycles. The van der Waals surface area contributed by atoms with Crippen molar-refractivity contribution in [3.63, 3.8) is 0 Å². The summed E-state index contributed by atoms with van der Waals surface area (Å²) in [5.41, 5.74) is 14.8. The van der Waals surface area contributed by atoms with Gasteiger partial charge in [-0.3, -0.25) is 0 Å². The maximum absolute atomic E-state index is 6.96. The average molecular weight is 1120 g/mol. The summed E-state index contributed by atoms with van der Waals surface area (Å²) in [5.74, 6) is 2.71. The van der Waals surface area contributed by atoms with E-state index in [-0.39, 0.29) is 42.7 Å². The molecule has 0 unspecified atom stereocenters. The molecule has 0 N–H and O–H groups in total. The quantitative estimate of drug-likeness (QED) is 0.128. The molecule has 9 rings (SSSR count). The Morgan fingerprint density at radius 2 is 1.15 bits per heavy atom. The first-order valence-electron chi connectivity index (χ1n) is 25.2. The van der Waals surface area contributed by atoms with Crippen LogP contribution in [0.5, 0.6) is 11.5 Å². The molecule has 1 aliphatic rings. The molecule has 370 valence electrons. The van der Waals surface area contributed by atoms with Gasteiger partial charge >= 0.3 is 0 Å². The van der Waals surface area contributed by atoms with Gasteiger partial charge in [0.15, 0.2) is 0 Å². The number of rotatable bonds is 10. The van der Waals surface area contributed by atoms with Crippen molar-refractivity contribution < 1.29 is 25.8 Å². The van der Waals surface area contributed by atoms with Crippen molar-refractivity contribution in [3.8, 4) is 17.3 Å². The minimum Gasteiger partial charge on any atom is -0.509 e. The van der Waals surface area contributed by atoms with E-state index in [1.54, 1.807) is 0 Å². The van der Waals surface area contributed by atoms with Crippen molar-refractivity contribution in [3.05, 3.63) is 203 Å². The van der Waals surface area contributed by atoms with Gasteiger partial charge in [0.1, 0.15) is 5.82 Å². The Hall–Kier alpha value is -5.90. The standard InChI is InChI=1S/C65H71N4O.Pt/c1-42(2)53-25-21-26-54(43(3)4)61(53)59-40-67(41-68(59)50-34-46(62(5,6)7)32-47(35-50)63(8,9)10)49-33-48(64(11,12)13)36-52(38-49)70-51-28-29-56-55-24-19-20-27-57(55)69(58(56)39-51)60-37-45(30-31-66-60)65(14,15)44-22-17-16-18-23-44;/h16-37,40-43H,1-15H3;/q-3;. The van der Waals surface area contributed by atoms with E-state index in [2.05, 4.69) is 265 Å². The van der Waals surface area contributed by atoms with E-state index < -0.39 is 0 Å². The Morgan fingerprint density at radius 1 is 0.549 bits per heavy atom. The number of pyridine rings is 1. The molecule has 0 atom stereocenters. The molecule has 8 aromatic rings. The summed E-state index contributed by atoms with van der Waals surface area (Å²) < 4.78 is 9.18. The third-order valence-electron chi connectivity index (χ3n) is 14.3. The summed E-state index contributed by atoms with van der Waals surface area (Å²) in [6.45, 7) is 36.7. The van der Waals surface area contributed by atoms with Gasteiger partial charge in [0.2, 0.25) is 0 Å². The molecule has 3 heterocycles. The summed E-state index contributed by atoms with van der Waals surface area (Å²) in [6, 6.07) is 53.7. The second-order valence-electron chi connectivity index (χ2n) is 23.6. The Bertz CT molecular complexity index is 3200. The number of ether oxygens (including phenoxy) is 1. The van der Waals surface area contributed by atoms with E-state index >= 15 is 0 Å². The summed E-state index contributed by atoms with van der Waals surface area (Å²) in [5, 5.41) is 2.22. The van der Waals surface area contributed by atoms with Crippen LogP contribution in [0.4, 0.5) is 11.4 Å². The monoisotopic (exact) mass is 1120 g/mol. The van der Waals surface area contributed by atoms with Gasteiger partial charge in [-0.05, 0) is 103 Å². The first kappa shape index (κ1) is 51.5. The van der Waals surface area contributed by atoms with Crippen LogP contribution in [0, 0.1) is 18.8 Å². The number of aromatic nitrogens is 2. The first-order chi connectivity index (χ1) is 33.0. The molecular weight excluding hydrogens is 1050 g/mol. The number of anilines is 2. The number of hydrogen-bond donors (Lipinski definition) is 0. The fraction of sp³-hybridized carbons (Fsp3) is 0.323. The maximum Gasteiger partial charge on any atom is 0.135 e. The smallest absolute Gasteiger partial charge is 0.135 e. The van der Waals surface area contributed by atoms with Gasteiger partial charge in [0.25, 0.3) is 0 Å². The summed E-state index contributed by atoms with van der Waals surface area (Å²) in [6.07, 6.45) is 4.24. The van der Waals surface area contributed by atoms with Gasteiger partial charge in [0, 0.05) is 66.6 Å². The van der Waals surface area contributed by atoms with Crippen molar-refractivity contribution in [2.24, 2.45) is 0 Å². The van der Waals surface area contributed by atoms with Gasteiger partial charge in [-0.25, -0.2) is 4.98 Å². The van der Waals surface area contributed by atoms with E-state index in [4.69, 9.17) is 9.72 Å². The molecule has 2 aromatic heterocycles. The normalized spacial score (nSPS) is 13.7. The number of para-hydroxylation sites is 1. The fourth-order valence-corrected chi connectivity index (χ4v) is 9.80. The van der Waals surface area contributed by atoms with Crippen molar-refractivity contribution >= 4 is 38.9 Å². The molecule has 6 heteroatoms. The number of nitrogens with zero attached hydrogens (tertiary/aromatic N) is 4. The van der Waals surface area contributed by atoms with Crippen LogP contribution in [-0.2, 0) is 42.7 Å². The Kier molecular flexibility index (Phi) is 14.0. The zero-order valence-corrected chi connectivity index (χ0v) is 46.8. The van der Waals surface area contributed by atoms with Crippen LogP contribution in [0.2, 0.25) is 0 Å². The molecule has 0 aliphatic carbocycles. The third kappa shape index (κ3) is 10.1. The van der Waals surface area contributed by atoms with E-state index in [1.165, 1.54) is 38.9 Å². The van der Waals surface area contributed by atoms with E-state index in [9.17, 15) is 0 Å². The molecule has 0 fully saturated rings. The average Bonchev–Trinajstić information content (AvgIpc) is 3.90. The second-order valence-corrected chi connectivity index (χ2v) is 23.6. The Labute approximate surface area is 439 Å². The van der Waals surface area contributed by atoms with Gasteiger partial charge in [0.05, 0.1) is 0 Å². The van der Waals surface area contributed by atoms with Crippen LogP contribution in [0.25, 0.3) is 33.3 Å². The molecule has 0 spiro atoms. The van der Waals surface area contributed by atoms with Crippen molar-refractivity contribution in [1.82, 2.24) is 9.55 Å². The summed E-state index contributed by atoms with van der Waals surface area (Å²) in [4.78, 5) is 9.66. The second kappa shape index (κ2) is 19.3. The SMILES string of the molecule is CC(C)c1cccc(C(C)C)c1C1=CN(c2[c-]c(Oc3[c-]c4c(cc3)c3ccccc3n4-c3cc(C(C)(C)c4ccccc4)ccn3)cc(C(C)(C)C)c2)[CH-]N1c1cc(C(C)(C)C)cc(C(C)(C)C)c1.[Pt]. The van der Waals surface area contributed by atoms with E-state index in [1.807, 2.05) is 12.3 Å². The molecule has 71 heavy (non-hydrogen) atoms. The van der Waals surface area contributed by atoms with Crippen LogP contribution in [0.3, 0.4) is 0 Å². The van der Waals surface area contributed by atoms with Crippen LogP contribution >= 0.6 is 0 Å². The Morgan fingerprint density at radius 3 is 1.77 bits per heavy atom. The largest absolute Gasteiger partial charge is 0.509 e. The van der Waals surface area contributed by atoms with Crippen LogP contribution < -0.4 is 14.5 Å². The molecular formula is C65H71N4OPt-3. The molecule has 5 nitrogen and oxygen atoms in total. The molecule has 6 aromatic carbocycles. The third-order valence-corrected chi connectivity index (χ3v) is 14.3.